The lowest BCUT2D eigenvalue weighted by atomic mass is 10.2. The van der Waals surface area contributed by atoms with E-state index in [1.807, 2.05) is 20.8 Å². The molecule has 1 amide bonds. The third kappa shape index (κ3) is 3.50. The van der Waals surface area contributed by atoms with E-state index >= 15 is 0 Å². The van der Waals surface area contributed by atoms with Gasteiger partial charge >= 0.3 is 0 Å². The summed E-state index contributed by atoms with van der Waals surface area (Å²) >= 11 is 0. The van der Waals surface area contributed by atoms with E-state index in [2.05, 4.69) is 36.0 Å². The number of anilines is 2. The normalized spacial score (nSPS) is 10.7. The molecule has 2 aromatic rings. The molecule has 0 aliphatic rings. The summed E-state index contributed by atoms with van der Waals surface area (Å²) in [6, 6.07) is 0. The summed E-state index contributed by atoms with van der Waals surface area (Å²) < 4.78 is 0. The maximum Gasteiger partial charge on any atom is 0.278 e. The molecule has 0 fully saturated rings. The quantitative estimate of drug-likeness (QED) is 0.838. The molecule has 0 saturated heterocycles. The number of nitrogens with zero attached hydrogens (tertiary/aromatic N) is 6. The molecule has 21 heavy (non-hydrogen) atoms. The van der Waals surface area contributed by atoms with Crippen molar-refractivity contribution in [3.05, 3.63) is 17.7 Å². The Hall–Kier alpha value is -2.58. The zero-order valence-electron chi connectivity index (χ0n) is 12.5. The van der Waals surface area contributed by atoms with Crippen LogP contribution in [-0.4, -0.2) is 42.6 Å². The largest absolute Gasteiger partial charge is 0.382 e. The number of aryl methyl sites for hydroxylation is 1. The van der Waals surface area contributed by atoms with Gasteiger partial charge in [-0.2, -0.15) is 4.80 Å². The molecule has 2 N–H and O–H groups in total. The Balaban J connectivity index is 2.30. The van der Waals surface area contributed by atoms with Crippen molar-refractivity contribution >= 4 is 17.5 Å². The highest BCUT2D eigenvalue weighted by atomic mass is 16.2. The number of nitrogens with one attached hydrogen (secondary N) is 2. The Bertz CT molecular complexity index is 636. The summed E-state index contributed by atoms with van der Waals surface area (Å²) in [7, 11) is 1.62. The van der Waals surface area contributed by atoms with Crippen LogP contribution >= 0.6 is 0 Å². The van der Waals surface area contributed by atoms with E-state index in [1.165, 1.54) is 4.80 Å². The third-order valence-corrected chi connectivity index (χ3v) is 2.64. The van der Waals surface area contributed by atoms with Gasteiger partial charge in [-0.15, -0.1) is 5.10 Å². The first-order valence-corrected chi connectivity index (χ1v) is 6.67. The van der Waals surface area contributed by atoms with Gasteiger partial charge in [0.25, 0.3) is 11.9 Å². The summed E-state index contributed by atoms with van der Waals surface area (Å²) in [5.74, 6) is 0.466. The van der Waals surface area contributed by atoms with Gasteiger partial charge < -0.3 is 5.32 Å². The number of hydrogen-bond acceptors (Lipinski definition) is 7. The Kier molecular flexibility index (Phi) is 4.41. The predicted molar refractivity (Wildman–Crippen MR) is 77.0 cm³/mol. The minimum Gasteiger partial charge on any atom is -0.382 e. The lowest BCUT2D eigenvalue weighted by Crippen LogP contribution is -2.19. The van der Waals surface area contributed by atoms with Crippen molar-refractivity contribution in [1.82, 2.24) is 30.2 Å². The fourth-order valence-electron chi connectivity index (χ4n) is 1.66. The standard InChI is InChI=1S/C12H18N8O/c1-5-13-8-6-14-10(7(2)3)15-9(8)11(21)16-12-17-19-20(4)18-12/h6-7,13H,5H2,1-4H3,(H,16,18,21). The summed E-state index contributed by atoms with van der Waals surface area (Å²) in [6.45, 7) is 6.53. The van der Waals surface area contributed by atoms with Crippen molar-refractivity contribution in [1.29, 1.82) is 0 Å². The van der Waals surface area contributed by atoms with E-state index in [1.54, 1.807) is 13.2 Å². The van der Waals surface area contributed by atoms with Gasteiger partial charge in [-0.05, 0) is 12.1 Å². The van der Waals surface area contributed by atoms with Crippen molar-refractivity contribution in [3.8, 4) is 0 Å². The summed E-state index contributed by atoms with van der Waals surface area (Å²) in [6.07, 6.45) is 1.62. The second kappa shape index (κ2) is 6.25. The van der Waals surface area contributed by atoms with Gasteiger partial charge in [-0.25, -0.2) is 9.97 Å². The van der Waals surface area contributed by atoms with Crippen LogP contribution in [0.3, 0.4) is 0 Å². The van der Waals surface area contributed by atoms with E-state index < -0.39 is 5.91 Å². The topological polar surface area (TPSA) is 111 Å². The Morgan fingerprint density at radius 3 is 2.76 bits per heavy atom. The highest BCUT2D eigenvalue weighted by Crippen LogP contribution is 2.17. The zero-order valence-corrected chi connectivity index (χ0v) is 12.5. The van der Waals surface area contributed by atoms with Gasteiger partial charge in [-0.3, -0.25) is 10.1 Å². The summed E-state index contributed by atoms with van der Waals surface area (Å²) in [5, 5.41) is 16.9. The van der Waals surface area contributed by atoms with Crippen molar-refractivity contribution in [2.45, 2.75) is 26.7 Å². The number of amides is 1. The molecule has 0 unspecified atom stereocenters. The minimum atomic E-state index is -0.400. The van der Waals surface area contributed by atoms with Crippen LogP contribution in [0.25, 0.3) is 0 Å². The molecule has 2 rings (SSSR count). The van der Waals surface area contributed by atoms with Gasteiger partial charge in [-0.1, -0.05) is 18.9 Å². The first kappa shape index (κ1) is 14.8. The fourth-order valence-corrected chi connectivity index (χ4v) is 1.66. The first-order chi connectivity index (χ1) is 10.0. The van der Waals surface area contributed by atoms with E-state index in [0.29, 0.717) is 18.1 Å². The molecule has 0 saturated carbocycles. The van der Waals surface area contributed by atoms with Gasteiger partial charge in [0.05, 0.1) is 18.9 Å². The van der Waals surface area contributed by atoms with Gasteiger partial charge in [0, 0.05) is 12.5 Å². The predicted octanol–water partition coefficient (Wildman–Crippen LogP) is 0.808. The summed E-state index contributed by atoms with van der Waals surface area (Å²) in [4.78, 5) is 22.2. The number of carbonyl (C=O) groups excluding carboxylic acids is 1. The molecule has 0 atom stereocenters. The van der Waals surface area contributed by atoms with E-state index in [0.717, 1.165) is 0 Å². The van der Waals surface area contributed by atoms with Gasteiger partial charge in [0.15, 0.2) is 5.69 Å². The molecule has 0 aliphatic carbocycles. The average Bonchev–Trinajstić information content (AvgIpc) is 2.84. The number of carbonyl (C=O) groups is 1. The average molecular weight is 290 g/mol. The minimum absolute atomic E-state index is 0.127. The number of aromatic nitrogens is 6. The van der Waals surface area contributed by atoms with Crippen molar-refractivity contribution < 1.29 is 4.79 Å². The maximum atomic E-state index is 12.3. The number of tetrazole rings is 1. The highest BCUT2D eigenvalue weighted by Gasteiger charge is 2.18. The van der Waals surface area contributed by atoms with Crippen LogP contribution in [0.15, 0.2) is 6.20 Å². The molecule has 0 radical (unpaired) electrons. The second-order valence-corrected chi connectivity index (χ2v) is 4.73. The molecular weight excluding hydrogens is 272 g/mol. The molecule has 0 aliphatic heterocycles. The molecule has 2 heterocycles. The van der Waals surface area contributed by atoms with Crippen LogP contribution < -0.4 is 10.6 Å². The Morgan fingerprint density at radius 2 is 2.19 bits per heavy atom. The Labute approximate surface area is 122 Å². The number of hydrogen-bond donors (Lipinski definition) is 2. The lowest BCUT2D eigenvalue weighted by Gasteiger charge is -2.11. The molecule has 0 bridgehead atoms. The van der Waals surface area contributed by atoms with Crippen molar-refractivity contribution in [2.24, 2.45) is 7.05 Å². The first-order valence-electron chi connectivity index (χ1n) is 6.67. The van der Waals surface area contributed by atoms with Crippen molar-refractivity contribution in [2.75, 3.05) is 17.2 Å². The van der Waals surface area contributed by atoms with Crippen LogP contribution in [0.1, 0.15) is 43.0 Å². The van der Waals surface area contributed by atoms with E-state index in [-0.39, 0.29) is 17.6 Å². The molecular formula is C12H18N8O. The van der Waals surface area contributed by atoms with Crippen molar-refractivity contribution in [3.63, 3.8) is 0 Å². The molecule has 9 heteroatoms. The van der Waals surface area contributed by atoms with Gasteiger partial charge in [0.2, 0.25) is 0 Å². The zero-order chi connectivity index (χ0) is 15.4. The van der Waals surface area contributed by atoms with Crippen LogP contribution in [-0.2, 0) is 7.05 Å². The molecule has 0 spiro atoms. The van der Waals surface area contributed by atoms with Gasteiger partial charge in [0.1, 0.15) is 5.82 Å². The third-order valence-electron chi connectivity index (χ3n) is 2.64. The van der Waals surface area contributed by atoms with Crippen LogP contribution in [0.2, 0.25) is 0 Å². The monoisotopic (exact) mass is 290 g/mol. The Morgan fingerprint density at radius 1 is 1.43 bits per heavy atom. The second-order valence-electron chi connectivity index (χ2n) is 4.73. The molecule has 2 aromatic heterocycles. The SMILES string of the molecule is CCNc1cnc(C(C)C)nc1C(=O)Nc1nnn(C)n1. The van der Waals surface area contributed by atoms with E-state index in [9.17, 15) is 4.79 Å². The van der Waals surface area contributed by atoms with Crippen LogP contribution in [0.4, 0.5) is 11.6 Å². The fraction of sp³-hybridized carbons (Fsp3) is 0.500. The molecule has 112 valence electrons. The number of rotatable bonds is 5. The van der Waals surface area contributed by atoms with E-state index in [4.69, 9.17) is 0 Å². The molecule has 0 aromatic carbocycles. The van der Waals surface area contributed by atoms with Crippen LogP contribution in [0, 0.1) is 0 Å². The smallest absolute Gasteiger partial charge is 0.278 e. The highest BCUT2D eigenvalue weighted by molar-refractivity contribution is 6.05. The summed E-state index contributed by atoms with van der Waals surface area (Å²) in [5.41, 5.74) is 0.839. The maximum absolute atomic E-state index is 12.3. The molecule has 9 nitrogen and oxygen atoms in total. The lowest BCUT2D eigenvalue weighted by molar-refractivity contribution is 0.102. The van der Waals surface area contributed by atoms with Crippen LogP contribution in [0.5, 0.6) is 0 Å².